The van der Waals surface area contributed by atoms with Crippen molar-refractivity contribution >= 4 is 11.9 Å². The van der Waals surface area contributed by atoms with Crippen LogP contribution in [-0.4, -0.2) is 34.4 Å². The molecule has 4 aliphatic carbocycles. The number of hydrogen-bond donors (Lipinski definition) is 2. The number of unbranched alkanes of at least 4 members (excludes halogenated alkanes) is 1. The Morgan fingerprint density at radius 2 is 1.97 bits per heavy atom. The molecule has 0 heterocycles. The Balaban J connectivity index is 1.66. The summed E-state index contributed by atoms with van der Waals surface area (Å²) in [5.74, 6) is 10.0. The zero-order valence-electron chi connectivity index (χ0n) is 21.2. The van der Waals surface area contributed by atoms with Gasteiger partial charge in [-0.05, 0) is 98.5 Å². The largest absolute Gasteiger partial charge is 0.481 e. The van der Waals surface area contributed by atoms with E-state index in [0.29, 0.717) is 12.8 Å². The molecule has 0 aromatic heterocycles. The molecular weight excluding hydrogens is 440 g/mol. The van der Waals surface area contributed by atoms with Crippen molar-refractivity contribution in [1.82, 2.24) is 0 Å². The van der Waals surface area contributed by atoms with Gasteiger partial charge < -0.3 is 14.9 Å². The molecule has 188 valence electrons. The fraction of sp³-hybridized carbons (Fsp3) is 0.667. The molecule has 35 heavy (non-hydrogen) atoms. The zero-order valence-corrected chi connectivity index (χ0v) is 21.2. The Bertz CT molecular complexity index is 1050. The van der Waals surface area contributed by atoms with Crippen molar-refractivity contribution in [1.29, 1.82) is 0 Å². The molecule has 4 rings (SSSR count). The van der Waals surface area contributed by atoms with Crippen molar-refractivity contribution in [2.45, 2.75) is 90.8 Å². The van der Waals surface area contributed by atoms with Crippen molar-refractivity contribution < 1.29 is 24.5 Å². The van der Waals surface area contributed by atoms with Gasteiger partial charge >= 0.3 is 11.9 Å². The Morgan fingerprint density at radius 1 is 1.20 bits per heavy atom. The van der Waals surface area contributed by atoms with Gasteiger partial charge in [0.2, 0.25) is 0 Å². The molecule has 0 aromatic carbocycles. The highest BCUT2D eigenvalue weighted by Crippen LogP contribution is 2.72. The van der Waals surface area contributed by atoms with Crippen LogP contribution in [0.3, 0.4) is 0 Å². The predicted octanol–water partition coefficient (Wildman–Crippen LogP) is 4.90. The Kier molecular flexibility index (Phi) is 6.96. The van der Waals surface area contributed by atoms with E-state index in [2.05, 4.69) is 37.2 Å². The quantitative estimate of drug-likeness (QED) is 0.260. The molecule has 8 atom stereocenters. The van der Waals surface area contributed by atoms with Crippen LogP contribution >= 0.6 is 0 Å². The highest BCUT2D eigenvalue weighted by molar-refractivity contribution is 5.83. The minimum atomic E-state index is -0.880. The molecule has 0 aliphatic heterocycles. The van der Waals surface area contributed by atoms with E-state index in [-0.39, 0.29) is 23.2 Å². The topological polar surface area (TPSA) is 83.8 Å². The number of fused-ring (bicyclic) bond motifs is 3. The molecule has 1 spiro atoms. The number of carboxylic acid groups (broad SMARTS) is 1. The van der Waals surface area contributed by atoms with Crippen LogP contribution in [-0.2, 0) is 14.3 Å². The van der Waals surface area contributed by atoms with Gasteiger partial charge in [0.15, 0.2) is 0 Å². The van der Waals surface area contributed by atoms with Gasteiger partial charge in [-0.2, -0.15) is 0 Å². The Morgan fingerprint density at radius 3 is 2.69 bits per heavy atom. The van der Waals surface area contributed by atoms with Crippen LogP contribution in [0.25, 0.3) is 0 Å². The molecule has 0 amide bonds. The van der Waals surface area contributed by atoms with Crippen molar-refractivity contribution in [3.63, 3.8) is 0 Å². The molecule has 2 N–H and O–H groups in total. The van der Waals surface area contributed by atoms with Crippen molar-refractivity contribution in [2.24, 2.45) is 34.0 Å². The maximum Gasteiger partial charge on any atom is 0.331 e. The first-order chi connectivity index (χ1) is 16.6. The van der Waals surface area contributed by atoms with Crippen LogP contribution < -0.4 is 0 Å². The van der Waals surface area contributed by atoms with Crippen LogP contribution in [0.4, 0.5) is 0 Å². The third-order valence-corrected chi connectivity index (χ3v) is 9.91. The van der Waals surface area contributed by atoms with Gasteiger partial charge in [-0.3, -0.25) is 4.79 Å². The summed E-state index contributed by atoms with van der Waals surface area (Å²) in [6, 6.07) is 0. The van der Waals surface area contributed by atoms with Gasteiger partial charge in [0.1, 0.15) is 6.10 Å². The van der Waals surface area contributed by atoms with Gasteiger partial charge in [-0.25, -0.2) is 4.79 Å². The Labute approximate surface area is 209 Å². The predicted molar refractivity (Wildman–Crippen MR) is 134 cm³/mol. The molecule has 4 saturated carbocycles. The number of aliphatic hydroxyl groups excluding tert-OH is 1. The second kappa shape index (κ2) is 9.51. The van der Waals surface area contributed by atoms with E-state index in [4.69, 9.17) is 4.74 Å². The summed E-state index contributed by atoms with van der Waals surface area (Å²) in [5, 5.41) is 21.8. The fourth-order valence-electron chi connectivity index (χ4n) is 8.28. The SMILES string of the molecule is C=C1[C@@H]2CC[C@H]3[C@]4(C)CCC[C@@](C)(C(=O)O)[C@H]4C[C@H](OC(=O)/C=C/C#CC#CCCC)[C@]3(C2)[C@H]1O. The zero-order chi connectivity index (χ0) is 25.4. The van der Waals surface area contributed by atoms with E-state index in [1.807, 2.05) is 13.8 Å². The third kappa shape index (κ3) is 4.03. The highest BCUT2D eigenvalue weighted by Gasteiger charge is 2.71. The molecule has 0 unspecified atom stereocenters. The van der Waals surface area contributed by atoms with Crippen LogP contribution in [0.2, 0.25) is 0 Å². The number of carbonyl (C=O) groups excluding carboxylic acids is 1. The van der Waals surface area contributed by atoms with Gasteiger partial charge in [-0.15, -0.1) is 0 Å². The molecule has 0 radical (unpaired) electrons. The number of hydrogen-bond acceptors (Lipinski definition) is 4. The van der Waals surface area contributed by atoms with E-state index in [0.717, 1.165) is 50.5 Å². The number of rotatable bonds is 4. The van der Waals surface area contributed by atoms with E-state index in [1.165, 1.54) is 12.2 Å². The maximum absolute atomic E-state index is 12.9. The van der Waals surface area contributed by atoms with Crippen molar-refractivity contribution in [3.8, 4) is 23.7 Å². The number of ether oxygens (including phenoxy) is 1. The summed E-state index contributed by atoms with van der Waals surface area (Å²) < 4.78 is 6.09. The number of allylic oxidation sites excluding steroid dienone is 1. The van der Waals surface area contributed by atoms with Crippen molar-refractivity contribution in [2.75, 3.05) is 0 Å². The summed E-state index contributed by atoms with van der Waals surface area (Å²) in [4.78, 5) is 25.4. The van der Waals surface area contributed by atoms with Crippen LogP contribution in [0.15, 0.2) is 24.3 Å². The van der Waals surface area contributed by atoms with Gasteiger partial charge in [0.05, 0.1) is 11.5 Å². The van der Waals surface area contributed by atoms with Gasteiger partial charge in [0.25, 0.3) is 0 Å². The molecule has 4 aliphatic rings. The molecule has 5 heteroatoms. The summed E-state index contributed by atoms with van der Waals surface area (Å²) >= 11 is 0. The monoisotopic (exact) mass is 478 g/mol. The summed E-state index contributed by atoms with van der Waals surface area (Å²) in [6.07, 6.45) is 8.66. The fourth-order valence-corrected chi connectivity index (χ4v) is 8.28. The van der Waals surface area contributed by atoms with Crippen LogP contribution in [0.1, 0.15) is 78.6 Å². The molecular formula is C30H38O5. The number of carbonyl (C=O) groups is 2. The molecule has 5 nitrogen and oxygen atoms in total. The highest BCUT2D eigenvalue weighted by atomic mass is 16.5. The minimum Gasteiger partial charge on any atom is -0.481 e. The lowest BCUT2D eigenvalue weighted by molar-refractivity contribution is -0.232. The summed E-state index contributed by atoms with van der Waals surface area (Å²) in [6.45, 7) is 10.4. The third-order valence-electron chi connectivity index (χ3n) is 9.91. The number of aliphatic hydroxyl groups is 1. The average Bonchev–Trinajstić information content (AvgIpc) is 3.00. The molecule has 0 aromatic rings. The first-order valence-electron chi connectivity index (χ1n) is 13.1. The Hall–Kier alpha value is -2.50. The second-order valence-corrected chi connectivity index (χ2v) is 11.6. The first-order valence-corrected chi connectivity index (χ1v) is 13.1. The smallest absolute Gasteiger partial charge is 0.331 e. The molecule has 0 saturated heterocycles. The van der Waals surface area contributed by atoms with Gasteiger partial charge in [0, 0.05) is 17.9 Å². The van der Waals surface area contributed by atoms with E-state index < -0.39 is 35.0 Å². The van der Waals surface area contributed by atoms with Gasteiger partial charge in [-0.1, -0.05) is 38.7 Å². The second-order valence-electron chi connectivity index (χ2n) is 11.6. The maximum atomic E-state index is 12.9. The van der Waals surface area contributed by atoms with Crippen LogP contribution in [0.5, 0.6) is 0 Å². The molecule has 4 fully saturated rings. The summed E-state index contributed by atoms with van der Waals surface area (Å²) in [7, 11) is 0. The lowest BCUT2D eigenvalue weighted by atomic mass is 9.40. The number of esters is 1. The van der Waals surface area contributed by atoms with Crippen LogP contribution in [0, 0.1) is 57.7 Å². The minimum absolute atomic E-state index is 0.0774. The van der Waals surface area contributed by atoms with Crippen molar-refractivity contribution in [3.05, 3.63) is 24.3 Å². The van der Waals surface area contributed by atoms with E-state index >= 15 is 0 Å². The number of carboxylic acids is 1. The lowest BCUT2D eigenvalue weighted by Crippen LogP contribution is -2.65. The van der Waals surface area contributed by atoms with E-state index in [1.54, 1.807) is 0 Å². The lowest BCUT2D eigenvalue weighted by Gasteiger charge is -2.65. The molecule has 2 bridgehead atoms. The first kappa shape index (κ1) is 25.6. The summed E-state index contributed by atoms with van der Waals surface area (Å²) in [5.41, 5.74) is -0.874. The average molecular weight is 479 g/mol. The van der Waals surface area contributed by atoms with E-state index in [9.17, 15) is 19.8 Å². The number of aliphatic carboxylic acids is 1. The standard InChI is InChI=1S/C30H38O5/c1-5-6-7-8-9-10-11-13-25(31)35-24-18-23-28(3,16-12-17-29(23,4)27(33)34)22-15-14-21-19-30(22,24)26(32)20(21)2/h11,13,21-24,26,32H,2,5-6,12,14-19H2,1,3-4H3,(H,33,34)/b13-11+/t21-,22+,23+,24+,26+,28+,29-,30-/m1/s1. The normalized spacial score (nSPS) is 41.6.